The minimum absolute atomic E-state index is 0.272. The lowest BCUT2D eigenvalue weighted by atomic mass is 9.81. The van der Waals surface area contributed by atoms with Crippen LogP contribution in [0.25, 0.3) is 0 Å². The van der Waals surface area contributed by atoms with E-state index in [1.165, 1.54) is 0 Å². The quantitative estimate of drug-likeness (QED) is 0.771. The number of ether oxygens (including phenoxy) is 3. The van der Waals surface area contributed by atoms with Crippen molar-refractivity contribution in [2.45, 2.75) is 50.9 Å². The Morgan fingerprint density at radius 3 is 2.28 bits per heavy atom. The van der Waals surface area contributed by atoms with E-state index in [4.69, 9.17) is 14.2 Å². The maximum Gasteiger partial charge on any atom is 0.338 e. The smallest absolute Gasteiger partial charge is 0.338 e. The molecule has 0 aromatic rings. The molecule has 0 amide bonds. The van der Waals surface area contributed by atoms with Crippen molar-refractivity contribution < 1.29 is 24.1 Å². The summed E-state index contributed by atoms with van der Waals surface area (Å²) in [6.07, 6.45) is 1.76. The van der Waals surface area contributed by atoms with Gasteiger partial charge in [0.05, 0.1) is 19.8 Å². The third kappa shape index (κ3) is 2.84. The largest absolute Gasteiger partial charge is 0.463 e. The highest BCUT2D eigenvalue weighted by molar-refractivity contribution is 5.79. The molecule has 104 valence electrons. The van der Waals surface area contributed by atoms with Gasteiger partial charge >= 0.3 is 5.97 Å². The molecule has 5 nitrogen and oxygen atoms in total. The molecule has 2 rings (SSSR count). The Morgan fingerprint density at radius 1 is 1.22 bits per heavy atom. The van der Waals surface area contributed by atoms with E-state index in [0.29, 0.717) is 45.5 Å². The van der Waals surface area contributed by atoms with Gasteiger partial charge in [0.2, 0.25) is 0 Å². The van der Waals surface area contributed by atoms with Crippen LogP contribution in [0.5, 0.6) is 0 Å². The number of carbonyl (C=O) groups excluding carboxylic acids is 1. The van der Waals surface area contributed by atoms with Crippen LogP contribution < -0.4 is 0 Å². The summed E-state index contributed by atoms with van der Waals surface area (Å²) in [4.78, 5) is 11.9. The van der Waals surface area contributed by atoms with E-state index in [9.17, 15) is 9.90 Å². The molecule has 0 unspecified atom stereocenters. The van der Waals surface area contributed by atoms with Gasteiger partial charge in [-0.25, -0.2) is 4.79 Å². The molecule has 2 fully saturated rings. The van der Waals surface area contributed by atoms with E-state index < -0.39 is 17.4 Å². The number of carbonyl (C=O) groups is 1. The molecule has 1 N–H and O–H groups in total. The fourth-order valence-electron chi connectivity index (χ4n) is 2.41. The molecule has 0 radical (unpaired) electrons. The first kappa shape index (κ1) is 13.8. The number of hydrogen-bond acceptors (Lipinski definition) is 5. The van der Waals surface area contributed by atoms with E-state index in [-0.39, 0.29) is 5.92 Å². The summed E-state index contributed by atoms with van der Waals surface area (Å²) in [6.45, 7) is 5.46. The minimum Gasteiger partial charge on any atom is -0.463 e. The van der Waals surface area contributed by atoms with Gasteiger partial charge in [-0.15, -0.1) is 0 Å². The van der Waals surface area contributed by atoms with Crippen molar-refractivity contribution in [1.29, 1.82) is 0 Å². The number of aliphatic hydroxyl groups is 1. The van der Waals surface area contributed by atoms with Crippen molar-refractivity contribution in [2.75, 3.05) is 19.8 Å². The number of rotatable bonds is 3. The Hall–Kier alpha value is -0.650. The van der Waals surface area contributed by atoms with E-state index >= 15 is 0 Å². The SMILES string of the molecule is CC(C)COC(=O)C1(O)CCC2(CC1)OCCO2. The second-order valence-electron chi connectivity index (χ2n) is 5.63. The third-order valence-electron chi connectivity index (χ3n) is 3.58. The molecule has 1 aliphatic heterocycles. The van der Waals surface area contributed by atoms with Gasteiger partial charge in [0.25, 0.3) is 0 Å². The van der Waals surface area contributed by atoms with Crippen LogP contribution in [0.2, 0.25) is 0 Å². The maximum absolute atomic E-state index is 11.9. The first-order chi connectivity index (χ1) is 8.46. The Bertz CT molecular complexity index is 297. The zero-order valence-electron chi connectivity index (χ0n) is 11.1. The van der Waals surface area contributed by atoms with Gasteiger partial charge in [-0.05, 0) is 18.8 Å². The normalized spacial score (nSPS) is 25.6. The van der Waals surface area contributed by atoms with Crippen LogP contribution in [0.3, 0.4) is 0 Å². The zero-order valence-corrected chi connectivity index (χ0v) is 11.1. The highest BCUT2D eigenvalue weighted by atomic mass is 16.7. The maximum atomic E-state index is 11.9. The van der Waals surface area contributed by atoms with Gasteiger partial charge in [0.15, 0.2) is 11.4 Å². The molecule has 2 aliphatic rings. The molecule has 5 heteroatoms. The molecule has 0 bridgehead atoms. The second-order valence-corrected chi connectivity index (χ2v) is 5.63. The molecular weight excluding hydrogens is 236 g/mol. The van der Waals surface area contributed by atoms with Gasteiger partial charge in [-0.1, -0.05) is 13.8 Å². The van der Waals surface area contributed by atoms with Crippen molar-refractivity contribution >= 4 is 5.97 Å². The lowest BCUT2D eigenvalue weighted by molar-refractivity contribution is -0.211. The molecule has 0 aromatic heterocycles. The molecule has 18 heavy (non-hydrogen) atoms. The van der Waals surface area contributed by atoms with Crippen LogP contribution in [-0.2, 0) is 19.0 Å². The Morgan fingerprint density at radius 2 is 1.78 bits per heavy atom. The number of esters is 1. The molecule has 0 aromatic carbocycles. The van der Waals surface area contributed by atoms with E-state index in [1.54, 1.807) is 0 Å². The summed E-state index contributed by atoms with van der Waals surface area (Å²) in [5, 5.41) is 10.3. The van der Waals surface area contributed by atoms with Gasteiger partial charge in [-0.3, -0.25) is 0 Å². The molecule has 1 heterocycles. The van der Waals surface area contributed by atoms with E-state index in [0.717, 1.165) is 0 Å². The molecular formula is C13H22O5. The summed E-state index contributed by atoms with van der Waals surface area (Å²) in [6, 6.07) is 0. The topological polar surface area (TPSA) is 65.0 Å². The summed E-state index contributed by atoms with van der Waals surface area (Å²) >= 11 is 0. The molecule has 1 saturated carbocycles. The molecule has 0 atom stereocenters. The standard InChI is InChI=1S/C13H22O5/c1-10(2)9-16-11(14)12(15)3-5-13(6-4-12)17-7-8-18-13/h10,15H,3-9H2,1-2H3. The lowest BCUT2D eigenvalue weighted by Crippen LogP contribution is -2.49. The molecule has 1 aliphatic carbocycles. The first-order valence-electron chi connectivity index (χ1n) is 6.63. The van der Waals surface area contributed by atoms with Gasteiger partial charge in [0.1, 0.15) is 0 Å². The predicted octanol–water partition coefficient (Wildman–Crippen LogP) is 1.23. The van der Waals surface area contributed by atoms with Gasteiger partial charge in [-0.2, -0.15) is 0 Å². The van der Waals surface area contributed by atoms with Crippen LogP contribution in [0.4, 0.5) is 0 Å². The summed E-state index contributed by atoms with van der Waals surface area (Å²) in [5.74, 6) is -0.803. The summed E-state index contributed by atoms with van der Waals surface area (Å²) < 4.78 is 16.3. The Kier molecular flexibility index (Phi) is 3.94. The summed E-state index contributed by atoms with van der Waals surface area (Å²) in [7, 11) is 0. The zero-order chi connectivity index (χ0) is 13.2. The number of hydrogen-bond donors (Lipinski definition) is 1. The van der Waals surface area contributed by atoms with Crippen LogP contribution in [-0.4, -0.2) is 42.3 Å². The summed E-state index contributed by atoms with van der Waals surface area (Å²) in [5.41, 5.74) is -1.37. The van der Waals surface area contributed by atoms with Crippen LogP contribution in [0, 0.1) is 5.92 Å². The fraction of sp³-hybridized carbons (Fsp3) is 0.923. The lowest BCUT2D eigenvalue weighted by Gasteiger charge is -2.38. The first-order valence-corrected chi connectivity index (χ1v) is 6.63. The van der Waals surface area contributed by atoms with E-state index in [1.807, 2.05) is 13.8 Å². The Labute approximate surface area is 107 Å². The van der Waals surface area contributed by atoms with Crippen molar-refractivity contribution in [3.05, 3.63) is 0 Å². The Balaban J connectivity index is 1.88. The highest BCUT2D eigenvalue weighted by Gasteiger charge is 2.49. The fourth-order valence-corrected chi connectivity index (χ4v) is 2.41. The van der Waals surface area contributed by atoms with E-state index in [2.05, 4.69) is 0 Å². The minimum atomic E-state index is -1.37. The molecule has 1 saturated heterocycles. The van der Waals surface area contributed by atoms with Crippen molar-refractivity contribution in [2.24, 2.45) is 5.92 Å². The van der Waals surface area contributed by atoms with Crippen molar-refractivity contribution in [3.63, 3.8) is 0 Å². The molecule has 1 spiro atoms. The predicted molar refractivity (Wildman–Crippen MR) is 63.8 cm³/mol. The average Bonchev–Trinajstić information content (AvgIpc) is 2.79. The third-order valence-corrected chi connectivity index (χ3v) is 3.58. The van der Waals surface area contributed by atoms with Crippen molar-refractivity contribution in [1.82, 2.24) is 0 Å². The van der Waals surface area contributed by atoms with Crippen LogP contribution in [0.15, 0.2) is 0 Å². The van der Waals surface area contributed by atoms with Crippen LogP contribution in [0.1, 0.15) is 39.5 Å². The van der Waals surface area contributed by atoms with Gasteiger partial charge in [0, 0.05) is 12.8 Å². The van der Waals surface area contributed by atoms with Crippen LogP contribution >= 0.6 is 0 Å². The van der Waals surface area contributed by atoms with Gasteiger partial charge < -0.3 is 19.3 Å². The monoisotopic (exact) mass is 258 g/mol. The van der Waals surface area contributed by atoms with Crippen molar-refractivity contribution in [3.8, 4) is 0 Å². The second kappa shape index (κ2) is 5.15. The highest BCUT2D eigenvalue weighted by Crippen LogP contribution is 2.40. The average molecular weight is 258 g/mol.